The summed E-state index contributed by atoms with van der Waals surface area (Å²) in [7, 11) is 0. The highest BCUT2D eigenvalue weighted by atomic mass is 16.5. The Labute approximate surface area is 135 Å². The maximum atomic E-state index is 12.8. The van der Waals surface area contributed by atoms with Crippen LogP contribution >= 0.6 is 0 Å². The van der Waals surface area contributed by atoms with E-state index in [1.807, 2.05) is 0 Å². The first kappa shape index (κ1) is 15.7. The minimum Gasteiger partial charge on any atom is -0.422 e. The van der Waals surface area contributed by atoms with E-state index in [1.54, 1.807) is 24.3 Å². The molecule has 0 unspecified atom stereocenters. The Morgan fingerprint density at radius 1 is 1.04 bits per heavy atom. The van der Waals surface area contributed by atoms with Gasteiger partial charge < -0.3 is 4.74 Å². The topological polar surface area (TPSA) is 60.4 Å². The lowest BCUT2D eigenvalue weighted by Crippen LogP contribution is -2.26. The second-order valence-corrected chi connectivity index (χ2v) is 6.31. The molecular formula is C19H20O4. The molecule has 0 spiro atoms. The second-order valence-electron chi connectivity index (χ2n) is 6.31. The molecule has 0 radical (unpaired) electrons. The maximum Gasteiger partial charge on any atom is 0.308 e. The molecule has 1 fully saturated rings. The van der Waals surface area contributed by atoms with Gasteiger partial charge in [-0.05, 0) is 12.3 Å². The number of benzene rings is 1. The standard InChI is InChI=1S/C19H20O4/c1-12(20)23-19-16(11-13-7-3-2-4-8-13)17(21)14-9-5-6-10-15(14)18(19)22/h5-6,9-10,13H,2-4,7-8,11H2,1H3. The van der Waals surface area contributed by atoms with Crippen molar-refractivity contribution in [3.63, 3.8) is 0 Å². The van der Waals surface area contributed by atoms with Crippen LogP contribution in [-0.4, -0.2) is 17.5 Å². The van der Waals surface area contributed by atoms with Crippen molar-refractivity contribution in [1.29, 1.82) is 0 Å². The van der Waals surface area contributed by atoms with E-state index in [-0.39, 0.29) is 17.3 Å². The van der Waals surface area contributed by atoms with Crippen molar-refractivity contribution in [3.05, 3.63) is 46.7 Å². The number of ketones is 2. The van der Waals surface area contributed by atoms with Gasteiger partial charge in [-0.25, -0.2) is 0 Å². The highest BCUT2D eigenvalue weighted by molar-refractivity contribution is 6.26. The minimum absolute atomic E-state index is 0.0632. The van der Waals surface area contributed by atoms with E-state index in [1.165, 1.54) is 13.3 Å². The predicted molar refractivity (Wildman–Crippen MR) is 85.1 cm³/mol. The molecule has 0 saturated heterocycles. The normalized spacial score (nSPS) is 18.8. The van der Waals surface area contributed by atoms with Crippen molar-refractivity contribution in [2.75, 3.05) is 0 Å². The smallest absolute Gasteiger partial charge is 0.308 e. The Morgan fingerprint density at radius 3 is 2.26 bits per heavy atom. The number of ether oxygens (including phenoxy) is 1. The molecular weight excluding hydrogens is 292 g/mol. The molecule has 1 aromatic carbocycles. The summed E-state index contributed by atoms with van der Waals surface area (Å²) in [4.78, 5) is 36.9. The van der Waals surface area contributed by atoms with Crippen LogP contribution in [-0.2, 0) is 9.53 Å². The Hall–Kier alpha value is -2.23. The fraction of sp³-hybridized carbons (Fsp3) is 0.421. The van der Waals surface area contributed by atoms with Gasteiger partial charge >= 0.3 is 5.97 Å². The number of hydrogen-bond acceptors (Lipinski definition) is 4. The number of rotatable bonds is 3. The van der Waals surface area contributed by atoms with Crippen molar-refractivity contribution in [1.82, 2.24) is 0 Å². The van der Waals surface area contributed by atoms with E-state index in [2.05, 4.69) is 0 Å². The number of carbonyl (C=O) groups excluding carboxylic acids is 3. The van der Waals surface area contributed by atoms with E-state index >= 15 is 0 Å². The number of carbonyl (C=O) groups is 3. The van der Waals surface area contributed by atoms with Crippen molar-refractivity contribution in [2.24, 2.45) is 5.92 Å². The molecule has 2 aliphatic carbocycles. The number of fused-ring (bicyclic) bond motifs is 1. The first-order valence-electron chi connectivity index (χ1n) is 8.18. The van der Waals surface area contributed by atoms with Crippen LogP contribution in [0.4, 0.5) is 0 Å². The third kappa shape index (κ3) is 3.11. The molecule has 0 bridgehead atoms. The van der Waals surface area contributed by atoms with Gasteiger partial charge in [0.2, 0.25) is 5.78 Å². The third-order valence-electron chi connectivity index (χ3n) is 4.63. The highest BCUT2D eigenvalue weighted by Gasteiger charge is 2.35. The van der Waals surface area contributed by atoms with Gasteiger partial charge in [-0.3, -0.25) is 14.4 Å². The van der Waals surface area contributed by atoms with Crippen molar-refractivity contribution >= 4 is 17.5 Å². The fourth-order valence-electron chi connectivity index (χ4n) is 3.52. The van der Waals surface area contributed by atoms with E-state index in [0.29, 0.717) is 29.0 Å². The summed E-state index contributed by atoms with van der Waals surface area (Å²) in [5.41, 5.74) is 1.11. The highest BCUT2D eigenvalue weighted by Crippen LogP contribution is 2.35. The summed E-state index contributed by atoms with van der Waals surface area (Å²) < 4.78 is 5.16. The third-order valence-corrected chi connectivity index (χ3v) is 4.63. The van der Waals surface area contributed by atoms with Gasteiger partial charge in [0.15, 0.2) is 11.5 Å². The van der Waals surface area contributed by atoms with E-state index < -0.39 is 5.97 Å². The molecule has 1 saturated carbocycles. The number of esters is 1. The van der Waals surface area contributed by atoms with Gasteiger partial charge in [0.1, 0.15) is 0 Å². The average molecular weight is 312 g/mol. The van der Waals surface area contributed by atoms with Gasteiger partial charge in [-0.15, -0.1) is 0 Å². The molecule has 0 atom stereocenters. The Morgan fingerprint density at radius 2 is 1.65 bits per heavy atom. The lowest BCUT2D eigenvalue weighted by molar-refractivity contribution is -0.136. The van der Waals surface area contributed by atoms with Crippen LogP contribution in [0.15, 0.2) is 35.6 Å². The average Bonchev–Trinajstić information content (AvgIpc) is 2.56. The molecule has 0 aromatic heterocycles. The van der Waals surface area contributed by atoms with Crippen LogP contribution in [0.3, 0.4) is 0 Å². The fourth-order valence-corrected chi connectivity index (χ4v) is 3.52. The second kappa shape index (κ2) is 6.49. The summed E-state index contributed by atoms with van der Waals surface area (Å²) in [6.45, 7) is 1.25. The maximum absolute atomic E-state index is 12.8. The van der Waals surface area contributed by atoms with Gasteiger partial charge in [0.05, 0.1) is 0 Å². The quantitative estimate of drug-likeness (QED) is 0.795. The summed E-state index contributed by atoms with van der Waals surface area (Å²) in [6, 6.07) is 6.73. The largest absolute Gasteiger partial charge is 0.422 e. The number of hydrogen-bond donors (Lipinski definition) is 0. The van der Waals surface area contributed by atoms with Crippen LogP contribution in [0.2, 0.25) is 0 Å². The zero-order valence-corrected chi connectivity index (χ0v) is 13.3. The zero-order valence-electron chi connectivity index (χ0n) is 13.3. The SMILES string of the molecule is CC(=O)OC1=C(CC2CCCCC2)C(=O)c2ccccc2C1=O. The van der Waals surface area contributed by atoms with Crippen LogP contribution in [0.25, 0.3) is 0 Å². The molecule has 120 valence electrons. The van der Waals surface area contributed by atoms with Crippen LogP contribution in [0, 0.1) is 5.92 Å². The molecule has 4 nitrogen and oxygen atoms in total. The number of allylic oxidation sites excluding steroid dienone is 2. The molecule has 0 amide bonds. The molecule has 3 rings (SSSR count). The van der Waals surface area contributed by atoms with Gasteiger partial charge in [0.25, 0.3) is 0 Å². The van der Waals surface area contributed by atoms with Crippen molar-refractivity contribution in [3.8, 4) is 0 Å². The summed E-state index contributed by atoms with van der Waals surface area (Å²) >= 11 is 0. The lowest BCUT2D eigenvalue weighted by atomic mass is 9.79. The molecule has 4 heteroatoms. The minimum atomic E-state index is -0.568. The monoisotopic (exact) mass is 312 g/mol. The molecule has 2 aliphatic rings. The summed E-state index contributed by atoms with van der Waals surface area (Å²) in [5.74, 6) is -0.789. The molecule has 0 aliphatic heterocycles. The van der Waals surface area contributed by atoms with Crippen LogP contribution in [0.5, 0.6) is 0 Å². The van der Waals surface area contributed by atoms with Gasteiger partial charge in [-0.1, -0.05) is 56.4 Å². The zero-order chi connectivity index (χ0) is 16.4. The molecule has 0 N–H and O–H groups in total. The van der Waals surface area contributed by atoms with E-state index in [9.17, 15) is 14.4 Å². The molecule has 0 heterocycles. The molecule has 1 aromatic rings. The summed E-state index contributed by atoms with van der Waals surface area (Å²) in [6.07, 6.45) is 6.16. The van der Waals surface area contributed by atoms with Crippen molar-refractivity contribution < 1.29 is 19.1 Å². The Kier molecular flexibility index (Phi) is 4.42. The lowest BCUT2D eigenvalue weighted by Gasteiger charge is -2.25. The van der Waals surface area contributed by atoms with Crippen LogP contribution < -0.4 is 0 Å². The van der Waals surface area contributed by atoms with Crippen LogP contribution in [0.1, 0.15) is 66.2 Å². The Balaban J connectivity index is 2.00. The predicted octanol–water partition coefficient (Wildman–Crippen LogP) is 3.85. The Bertz CT molecular complexity index is 693. The first-order valence-corrected chi connectivity index (χ1v) is 8.18. The van der Waals surface area contributed by atoms with Gasteiger partial charge in [-0.2, -0.15) is 0 Å². The molecule has 23 heavy (non-hydrogen) atoms. The van der Waals surface area contributed by atoms with E-state index in [0.717, 1.165) is 25.7 Å². The van der Waals surface area contributed by atoms with Crippen molar-refractivity contribution in [2.45, 2.75) is 45.4 Å². The first-order chi connectivity index (χ1) is 11.1. The van der Waals surface area contributed by atoms with E-state index in [4.69, 9.17) is 4.74 Å². The van der Waals surface area contributed by atoms with Gasteiger partial charge in [0, 0.05) is 23.6 Å². The number of Topliss-reactive ketones (excluding diaryl/α,β-unsaturated/α-hetero) is 2. The summed E-state index contributed by atoms with van der Waals surface area (Å²) in [5, 5.41) is 0.